The van der Waals surface area contributed by atoms with Crippen molar-refractivity contribution in [3.63, 3.8) is 0 Å². The second-order valence-corrected chi connectivity index (χ2v) is 9.01. The molecular weight excluding hydrogens is 366 g/mol. The van der Waals surface area contributed by atoms with Crippen LogP contribution in [0.5, 0.6) is 0 Å². The van der Waals surface area contributed by atoms with Crippen molar-refractivity contribution in [1.29, 1.82) is 0 Å². The molecule has 1 aliphatic rings. The van der Waals surface area contributed by atoms with Crippen molar-refractivity contribution in [2.45, 2.75) is 5.54 Å². The molecule has 0 unspecified atom stereocenters. The highest BCUT2D eigenvalue weighted by atomic mass is 32.2. The van der Waals surface area contributed by atoms with Crippen LogP contribution in [0.4, 0.5) is 0 Å². The van der Waals surface area contributed by atoms with Gasteiger partial charge in [0.15, 0.2) is 5.54 Å². The van der Waals surface area contributed by atoms with E-state index in [0.717, 1.165) is 22.2 Å². The number of hydrogen-bond acceptors (Lipinski definition) is 4. The molecule has 0 amide bonds. The molecule has 0 bridgehead atoms. The van der Waals surface area contributed by atoms with Crippen LogP contribution in [0.2, 0.25) is 0 Å². The Hall–Kier alpha value is -2.74. The molecule has 140 valence electrons. The first-order valence-corrected chi connectivity index (χ1v) is 9.75. The fourth-order valence-corrected chi connectivity index (χ4v) is 4.67. The van der Waals surface area contributed by atoms with Gasteiger partial charge in [-0.05, 0) is 17.7 Å². The van der Waals surface area contributed by atoms with E-state index in [9.17, 15) is 8.42 Å². The minimum absolute atomic E-state index is 0.170. The number of pyridine rings is 1. The fourth-order valence-electron chi connectivity index (χ4n) is 3.40. The first-order valence-electron chi connectivity index (χ1n) is 8.36. The molecule has 4 heterocycles. The van der Waals surface area contributed by atoms with Gasteiger partial charge in [-0.25, -0.2) is 11.6 Å². The predicted molar refractivity (Wildman–Crippen MR) is 101 cm³/mol. The third kappa shape index (κ3) is 2.71. The van der Waals surface area contributed by atoms with Crippen LogP contribution in [0.1, 0.15) is 0 Å². The lowest BCUT2D eigenvalue weighted by Crippen LogP contribution is -2.67. The Morgan fingerprint density at radius 2 is 2.15 bits per heavy atom. The van der Waals surface area contributed by atoms with Gasteiger partial charge in [-0.15, -0.1) is 0 Å². The Balaban J connectivity index is 1.67. The minimum atomic E-state index is -3.49. The van der Waals surface area contributed by atoms with Crippen LogP contribution in [-0.4, -0.2) is 70.5 Å². The third-order valence-electron chi connectivity index (χ3n) is 4.94. The summed E-state index contributed by atoms with van der Waals surface area (Å²) in [5.74, 6) is 0. The zero-order valence-electron chi connectivity index (χ0n) is 15.0. The summed E-state index contributed by atoms with van der Waals surface area (Å²) in [5.41, 5.74) is 2.04. The monoisotopic (exact) mass is 385 g/mol. The van der Waals surface area contributed by atoms with E-state index in [2.05, 4.69) is 19.9 Å². The molecule has 0 atom stereocenters. The van der Waals surface area contributed by atoms with Crippen LogP contribution < -0.4 is 0 Å². The van der Waals surface area contributed by atoms with E-state index in [1.807, 2.05) is 24.5 Å². The largest absolute Gasteiger partial charge is 0.346 e. The van der Waals surface area contributed by atoms with Gasteiger partial charge in [0.2, 0.25) is 6.54 Å². The fraction of sp³-hybridized carbons (Fsp3) is 0.353. The van der Waals surface area contributed by atoms with E-state index in [-0.39, 0.29) is 19.6 Å². The molecule has 10 heteroatoms. The smallest absolute Gasteiger partial charge is 0.281 e. The quantitative estimate of drug-likeness (QED) is 0.667. The summed E-state index contributed by atoms with van der Waals surface area (Å²) in [5, 5.41) is 5.45. The number of nitrogens with zero attached hydrogens (tertiary/aromatic N) is 6. The number of aromatic amines is 1. The van der Waals surface area contributed by atoms with Gasteiger partial charge >= 0.3 is 0 Å². The number of H-pyrrole nitrogens is 1. The van der Waals surface area contributed by atoms with Crippen molar-refractivity contribution in [2.75, 3.05) is 33.7 Å². The van der Waals surface area contributed by atoms with Crippen molar-refractivity contribution in [3.8, 4) is 11.1 Å². The average Bonchev–Trinajstić information content (AvgIpc) is 3.26. The van der Waals surface area contributed by atoms with Crippen LogP contribution in [0.15, 0.2) is 36.9 Å². The van der Waals surface area contributed by atoms with Gasteiger partial charge in [0.1, 0.15) is 5.65 Å². The number of nitrogens with one attached hydrogen (secondary N) is 1. The lowest BCUT2D eigenvalue weighted by Gasteiger charge is -2.46. The normalized spacial score (nSPS) is 17.1. The number of rotatable bonds is 5. The van der Waals surface area contributed by atoms with E-state index < -0.39 is 15.7 Å². The van der Waals surface area contributed by atoms with Gasteiger partial charge < -0.3 is 9.83 Å². The molecule has 1 saturated heterocycles. The van der Waals surface area contributed by atoms with Gasteiger partial charge in [-0.1, -0.05) is 0 Å². The number of aromatic nitrogens is 4. The Morgan fingerprint density at radius 3 is 2.85 bits per heavy atom. The molecule has 1 aliphatic heterocycles. The van der Waals surface area contributed by atoms with Crippen molar-refractivity contribution in [2.24, 2.45) is 0 Å². The van der Waals surface area contributed by atoms with E-state index in [1.54, 1.807) is 17.1 Å². The molecule has 27 heavy (non-hydrogen) atoms. The van der Waals surface area contributed by atoms with Gasteiger partial charge in [-0.2, -0.15) is 22.1 Å². The van der Waals surface area contributed by atoms with Crippen LogP contribution in [0.3, 0.4) is 0 Å². The molecule has 0 saturated carbocycles. The maximum absolute atomic E-state index is 12.3. The highest BCUT2D eigenvalue weighted by Crippen LogP contribution is 2.34. The van der Waals surface area contributed by atoms with Crippen LogP contribution in [-0.2, 0) is 15.7 Å². The highest BCUT2D eigenvalue weighted by molar-refractivity contribution is 7.86. The average molecular weight is 385 g/mol. The molecule has 3 aromatic rings. The van der Waals surface area contributed by atoms with Gasteiger partial charge in [0.25, 0.3) is 10.2 Å². The van der Waals surface area contributed by atoms with Gasteiger partial charge in [0, 0.05) is 56.7 Å². The first-order chi connectivity index (χ1) is 12.9. The van der Waals surface area contributed by atoms with Crippen molar-refractivity contribution in [1.82, 2.24) is 28.4 Å². The maximum atomic E-state index is 12.3. The Kier molecular flexibility index (Phi) is 4.03. The summed E-state index contributed by atoms with van der Waals surface area (Å²) in [7, 11) is -0.490. The standard InChI is InChI=1S/C17H19N7O2S/c1-18-10-17(11-23(12-17)27(25,26)22(2)3)24-9-13(8-21-24)14-4-6-19-16-15(14)5-7-20-16/h4-9H,10-12H2,2-3H3,(H,19,20). The lowest BCUT2D eigenvalue weighted by molar-refractivity contribution is 0.0787. The molecule has 0 aromatic carbocycles. The van der Waals surface area contributed by atoms with E-state index in [0.29, 0.717) is 0 Å². The SMILES string of the molecule is [C-]#[N+]CC1(n2cc(-c3ccnc4[nH]ccc34)cn2)CN(S(=O)(=O)N(C)C)C1. The second-order valence-electron chi connectivity index (χ2n) is 6.87. The molecule has 0 aliphatic carbocycles. The molecule has 0 spiro atoms. The summed E-state index contributed by atoms with van der Waals surface area (Å²) in [4.78, 5) is 10.9. The maximum Gasteiger partial charge on any atom is 0.281 e. The second kappa shape index (κ2) is 6.16. The van der Waals surface area contributed by atoms with E-state index >= 15 is 0 Å². The van der Waals surface area contributed by atoms with Gasteiger partial charge in [-0.3, -0.25) is 4.68 Å². The molecule has 9 nitrogen and oxygen atoms in total. The Bertz CT molecular complexity index is 1130. The number of hydrogen-bond donors (Lipinski definition) is 1. The Morgan fingerprint density at radius 1 is 1.37 bits per heavy atom. The minimum Gasteiger partial charge on any atom is -0.346 e. The van der Waals surface area contributed by atoms with Crippen LogP contribution >= 0.6 is 0 Å². The van der Waals surface area contributed by atoms with Crippen molar-refractivity contribution in [3.05, 3.63) is 48.3 Å². The molecule has 1 N–H and O–H groups in total. The lowest BCUT2D eigenvalue weighted by atomic mass is 9.92. The number of fused-ring (bicyclic) bond motifs is 1. The molecule has 0 radical (unpaired) electrons. The Labute approximate surface area is 157 Å². The summed E-state index contributed by atoms with van der Waals surface area (Å²) < 4.78 is 28.9. The first kappa shape index (κ1) is 17.7. The zero-order valence-corrected chi connectivity index (χ0v) is 15.8. The van der Waals surface area contributed by atoms with Crippen molar-refractivity contribution >= 4 is 21.2 Å². The summed E-state index contributed by atoms with van der Waals surface area (Å²) in [6.45, 7) is 7.93. The molecule has 3 aromatic heterocycles. The topological polar surface area (TPSA) is 91.5 Å². The summed E-state index contributed by atoms with van der Waals surface area (Å²) >= 11 is 0. The van der Waals surface area contributed by atoms with E-state index in [4.69, 9.17) is 6.57 Å². The zero-order chi connectivity index (χ0) is 19.2. The van der Waals surface area contributed by atoms with Gasteiger partial charge in [0.05, 0.1) is 6.20 Å². The third-order valence-corrected chi connectivity index (χ3v) is 6.78. The molecular formula is C17H19N7O2S. The van der Waals surface area contributed by atoms with E-state index in [1.165, 1.54) is 22.7 Å². The summed E-state index contributed by atoms with van der Waals surface area (Å²) in [6, 6.07) is 3.88. The van der Waals surface area contributed by atoms with Crippen LogP contribution in [0, 0.1) is 6.57 Å². The molecule has 1 fully saturated rings. The highest BCUT2D eigenvalue weighted by Gasteiger charge is 2.53. The van der Waals surface area contributed by atoms with Crippen LogP contribution in [0.25, 0.3) is 27.0 Å². The predicted octanol–water partition coefficient (Wildman–Crippen LogP) is 1.16. The summed E-state index contributed by atoms with van der Waals surface area (Å²) in [6.07, 6.45) is 7.19. The molecule has 4 rings (SSSR count). The van der Waals surface area contributed by atoms with Crippen molar-refractivity contribution < 1.29 is 8.42 Å².